The average Bonchev–Trinajstić information content (AvgIpc) is 2.70. The summed E-state index contributed by atoms with van der Waals surface area (Å²) in [5.41, 5.74) is 1.82. The van der Waals surface area contributed by atoms with Gasteiger partial charge in [0.25, 0.3) is 0 Å². The van der Waals surface area contributed by atoms with Crippen molar-refractivity contribution >= 4 is 33.5 Å². The van der Waals surface area contributed by atoms with Crippen LogP contribution < -0.4 is 14.9 Å². The lowest BCUT2D eigenvalue weighted by molar-refractivity contribution is -0.116. The van der Waals surface area contributed by atoms with Crippen molar-refractivity contribution in [2.45, 2.75) is 52.5 Å². The van der Waals surface area contributed by atoms with E-state index in [1.807, 2.05) is 45.0 Å². The van der Waals surface area contributed by atoms with Crippen molar-refractivity contribution < 1.29 is 18.3 Å². The molecule has 0 aliphatic heterocycles. The van der Waals surface area contributed by atoms with Gasteiger partial charge in [-0.1, -0.05) is 32.9 Å². The van der Waals surface area contributed by atoms with Crippen molar-refractivity contribution in [2.24, 2.45) is 5.92 Å². The second kappa shape index (κ2) is 11.4. The van der Waals surface area contributed by atoms with Crippen LogP contribution in [0.5, 0.6) is 0 Å². The lowest BCUT2D eigenvalue weighted by Gasteiger charge is -2.19. The number of rotatable bonds is 11. The summed E-state index contributed by atoms with van der Waals surface area (Å²) in [7, 11) is -1.86. The lowest BCUT2D eigenvalue weighted by Crippen LogP contribution is -2.27. The first-order valence-corrected chi connectivity index (χ1v) is 12.7. The number of benzene rings is 1. The minimum absolute atomic E-state index is 0.0207. The first kappa shape index (κ1) is 26.5. The summed E-state index contributed by atoms with van der Waals surface area (Å²) in [6.07, 6.45) is 2.16. The van der Waals surface area contributed by atoms with Crippen LogP contribution in [-0.2, 0) is 21.2 Å². The van der Waals surface area contributed by atoms with Gasteiger partial charge in [0.1, 0.15) is 5.82 Å². The highest BCUT2D eigenvalue weighted by Gasteiger charge is 2.17. The first-order chi connectivity index (χ1) is 15.4. The first-order valence-electron chi connectivity index (χ1n) is 10.8. The highest BCUT2D eigenvalue weighted by atomic mass is 32.2. The molecule has 2 aromatic rings. The van der Waals surface area contributed by atoms with Crippen LogP contribution in [0, 0.1) is 5.92 Å². The van der Waals surface area contributed by atoms with Gasteiger partial charge in [0.05, 0.1) is 18.9 Å². The molecule has 0 saturated heterocycles. The fraction of sp³-hybridized carbons (Fsp3) is 0.545. The third-order valence-corrected chi connectivity index (χ3v) is 5.63. The van der Waals surface area contributed by atoms with Crippen LogP contribution in [0.2, 0.25) is 0 Å². The normalized spacial score (nSPS) is 13.5. The fourth-order valence-electron chi connectivity index (χ4n) is 3.32. The molecule has 3 N–H and O–H groups in total. The second-order valence-corrected chi connectivity index (χ2v) is 10.4. The Balaban J connectivity index is 2.27. The number of amides is 1. The molecule has 1 amide bonds. The smallest absolute Gasteiger partial charge is 0.241 e. The molecular weight excluding hydrogens is 444 g/mol. The minimum atomic E-state index is -3.58. The van der Waals surface area contributed by atoms with E-state index in [1.54, 1.807) is 11.9 Å². The molecule has 0 bridgehead atoms. The van der Waals surface area contributed by atoms with Gasteiger partial charge in [-0.15, -0.1) is 0 Å². The summed E-state index contributed by atoms with van der Waals surface area (Å²) in [6, 6.07) is 7.37. The van der Waals surface area contributed by atoms with Crippen LogP contribution in [0.15, 0.2) is 24.3 Å². The number of hydrogen-bond acceptors (Lipinski definition) is 8. The van der Waals surface area contributed by atoms with E-state index >= 15 is 0 Å². The highest BCUT2D eigenvalue weighted by Crippen LogP contribution is 2.23. The molecule has 2 rings (SSSR count). The van der Waals surface area contributed by atoms with Gasteiger partial charge in [-0.05, 0) is 36.0 Å². The third-order valence-electron chi connectivity index (χ3n) is 5.08. The van der Waals surface area contributed by atoms with E-state index < -0.39 is 10.0 Å². The number of sulfonamides is 1. The minimum Gasteiger partial charge on any atom is -0.394 e. The van der Waals surface area contributed by atoms with Crippen molar-refractivity contribution in [1.82, 2.24) is 15.0 Å². The van der Waals surface area contributed by atoms with Gasteiger partial charge >= 0.3 is 0 Å². The Morgan fingerprint density at radius 1 is 1.09 bits per heavy atom. The Bertz CT molecular complexity index is 1040. The lowest BCUT2D eigenvalue weighted by atomic mass is 9.97. The predicted molar refractivity (Wildman–Crippen MR) is 130 cm³/mol. The van der Waals surface area contributed by atoms with Gasteiger partial charge < -0.3 is 15.3 Å². The zero-order valence-corrected chi connectivity index (χ0v) is 20.8. The van der Waals surface area contributed by atoms with Gasteiger partial charge in [-0.2, -0.15) is 15.0 Å². The zero-order valence-electron chi connectivity index (χ0n) is 20.0. The summed E-state index contributed by atoms with van der Waals surface area (Å²) in [5.74, 6) is 0.859. The van der Waals surface area contributed by atoms with E-state index in [2.05, 4.69) is 25.0 Å². The SMILES string of the molecule is CC(=O)N(C)c1ccc(C(C)Cc2nc(N[C@@H](CO)CC(C)C)nc(NS(C)(=O)=O)n2)cc1. The van der Waals surface area contributed by atoms with Gasteiger partial charge in [0.2, 0.25) is 27.8 Å². The Labute approximate surface area is 195 Å². The number of aromatic nitrogens is 3. The maximum atomic E-state index is 11.7. The van der Waals surface area contributed by atoms with Crippen LogP contribution >= 0.6 is 0 Å². The van der Waals surface area contributed by atoms with E-state index in [-0.39, 0.29) is 36.4 Å². The molecule has 10 nitrogen and oxygen atoms in total. The van der Waals surface area contributed by atoms with Crippen molar-refractivity contribution in [1.29, 1.82) is 0 Å². The van der Waals surface area contributed by atoms with Crippen molar-refractivity contribution in [3.63, 3.8) is 0 Å². The van der Waals surface area contributed by atoms with Crippen molar-refractivity contribution in [3.05, 3.63) is 35.7 Å². The molecule has 11 heteroatoms. The maximum absolute atomic E-state index is 11.7. The molecule has 0 radical (unpaired) electrons. The third kappa shape index (κ3) is 8.58. The number of nitrogens with one attached hydrogen (secondary N) is 2. The van der Waals surface area contributed by atoms with E-state index in [4.69, 9.17) is 0 Å². The molecule has 1 aromatic carbocycles. The van der Waals surface area contributed by atoms with Gasteiger partial charge in [-0.25, -0.2) is 8.42 Å². The molecule has 2 atom stereocenters. The Morgan fingerprint density at radius 2 is 1.70 bits per heavy atom. The van der Waals surface area contributed by atoms with E-state index in [9.17, 15) is 18.3 Å². The molecule has 0 spiro atoms. The number of nitrogens with zero attached hydrogens (tertiary/aromatic N) is 4. The van der Waals surface area contributed by atoms with E-state index in [1.165, 1.54) is 6.92 Å². The summed E-state index contributed by atoms with van der Waals surface area (Å²) in [4.78, 5) is 26.0. The predicted octanol–water partition coefficient (Wildman–Crippen LogP) is 2.39. The molecule has 1 unspecified atom stereocenters. The number of aliphatic hydroxyl groups is 1. The van der Waals surface area contributed by atoms with Crippen LogP contribution in [-0.4, -0.2) is 60.3 Å². The van der Waals surface area contributed by atoms with Gasteiger partial charge in [-0.3, -0.25) is 9.52 Å². The average molecular weight is 479 g/mol. The quantitative estimate of drug-likeness (QED) is 0.448. The van der Waals surface area contributed by atoms with E-state index in [0.29, 0.717) is 24.6 Å². The molecule has 1 heterocycles. The summed E-state index contributed by atoms with van der Waals surface area (Å²) < 4.78 is 25.8. The van der Waals surface area contributed by atoms with Crippen molar-refractivity contribution in [2.75, 3.05) is 34.8 Å². The number of anilines is 3. The van der Waals surface area contributed by atoms with Crippen LogP contribution in [0.3, 0.4) is 0 Å². The molecule has 33 heavy (non-hydrogen) atoms. The molecule has 0 fully saturated rings. The highest BCUT2D eigenvalue weighted by molar-refractivity contribution is 7.91. The van der Waals surface area contributed by atoms with Gasteiger partial charge in [0.15, 0.2) is 0 Å². The molecule has 0 aliphatic rings. The molecular formula is C22H34N6O4S. The number of carbonyl (C=O) groups excluding carboxylic acids is 1. The van der Waals surface area contributed by atoms with Crippen LogP contribution in [0.4, 0.5) is 17.6 Å². The van der Waals surface area contributed by atoms with Gasteiger partial charge in [0, 0.05) is 26.1 Å². The Morgan fingerprint density at radius 3 is 2.21 bits per heavy atom. The number of hydrogen-bond donors (Lipinski definition) is 3. The molecule has 0 aliphatic carbocycles. The van der Waals surface area contributed by atoms with Crippen LogP contribution in [0.1, 0.15) is 51.4 Å². The zero-order chi connectivity index (χ0) is 24.8. The topological polar surface area (TPSA) is 137 Å². The van der Waals surface area contributed by atoms with E-state index in [0.717, 1.165) is 17.5 Å². The number of aliphatic hydroxyl groups excluding tert-OH is 1. The van der Waals surface area contributed by atoms with Crippen LogP contribution in [0.25, 0.3) is 0 Å². The summed E-state index contributed by atoms with van der Waals surface area (Å²) >= 11 is 0. The molecule has 1 aromatic heterocycles. The number of carbonyl (C=O) groups is 1. The largest absolute Gasteiger partial charge is 0.394 e. The molecule has 0 saturated carbocycles. The molecule has 182 valence electrons. The summed E-state index contributed by atoms with van der Waals surface area (Å²) in [6.45, 7) is 7.50. The second-order valence-electron chi connectivity index (χ2n) is 8.70. The summed E-state index contributed by atoms with van der Waals surface area (Å²) in [5, 5.41) is 12.8. The maximum Gasteiger partial charge on any atom is 0.241 e. The standard InChI is InChI=1S/C22H34N6O4S/c1-14(2)11-18(13-29)23-21-24-20(25-22(26-21)27-33(6,31)32)12-15(3)17-7-9-19(10-8-17)28(5)16(4)30/h7-10,14-15,18,29H,11-13H2,1-6H3,(H2,23,24,25,26,27)/t15?,18-/m1/s1. The monoisotopic (exact) mass is 478 g/mol. The fourth-order valence-corrected chi connectivity index (χ4v) is 3.74. The Kier molecular flexibility index (Phi) is 9.12. The Hall–Kier alpha value is -2.79. The van der Waals surface area contributed by atoms with Crippen molar-refractivity contribution in [3.8, 4) is 0 Å².